The predicted octanol–water partition coefficient (Wildman–Crippen LogP) is 3.71. The van der Waals surface area contributed by atoms with E-state index < -0.39 is 12.4 Å². The molecule has 0 saturated carbocycles. The minimum absolute atomic E-state index is 0. The van der Waals surface area contributed by atoms with Gasteiger partial charge in [0.2, 0.25) is 6.29 Å². The number of rotatable bonds is 11. The number of nitrogens with two attached hydrogens (primary N) is 1. The van der Waals surface area contributed by atoms with E-state index in [4.69, 9.17) is 29.4 Å². The molecule has 0 aliphatic carbocycles. The SMILES string of the molecule is CCOc1ccccc1OC[C@@H]1CN(C(=O)OC(OC[C@H](N)C(C)C)C(C)C)CCO1.Cl. The number of carbonyl (C=O) groups is 1. The summed E-state index contributed by atoms with van der Waals surface area (Å²) in [6.07, 6.45) is -1.32. The van der Waals surface area contributed by atoms with Gasteiger partial charge >= 0.3 is 6.09 Å². The van der Waals surface area contributed by atoms with E-state index in [0.717, 1.165) is 0 Å². The third kappa shape index (κ3) is 9.02. The average molecular weight is 475 g/mol. The summed E-state index contributed by atoms with van der Waals surface area (Å²) in [5.74, 6) is 1.64. The van der Waals surface area contributed by atoms with Gasteiger partial charge in [-0.05, 0) is 25.0 Å². The van der Waals surface area contributed by atoms with Gasteiger partial charge in [-0.1, -0.05) is 39.8 Å². The van der Waals surface area contributed by atoms with Crippen LogP contribution in [0, 0.1) is 11.8 Å². The van der Waals surface area contributed by atoms with Crippen LogP contribution in [0.5, 0.6) is 11.5 Å². The van der Waals surface area contributed by atoms with Crippen molar-refractivity contribution < 1.29 is 28.5 Å². The van der Waals surface area contributed by atoms with Crippen molar-refractivity contribution in [1.29, 1.82) is 0 Å². The van der Waals surface area contributed by atoms with E-state index in [9.17, 15) is 4.79 Å². The molecule has 8 nitrogen and oxygen atoms in total. The Kier molecular flexibility index (Phi) is 12.7. The zero-order chi connectivity index (χ0) is 22.8. The van der Waals surface area contributed by atoms with Gasteiger partial charge in [-0.25, -0.2) is 4.79 Å². The summed E-state index contributed by atoms with van der Waals surface area (Å²) in [6, 6.07) is 7.40. The first kappa shape index (κ1) is 28.3. The summed E-state index contributed by atoms with van der Waals surface area (Å²) in [5, 5.41) is 0. The van der Waals surface area contributed by atoms with Crippen LogP contribution in [0.1, 0.15) is 34.6 Å². The summed E-state index contributed by atoms with van der Waals surface area (Å²) < 4.78 is 28.7. The zero-order valence-corrected chi connectivity index (χ0v) is 20.6. The van der Waals surface area contributed by atoms with Crippen LogP contribution < -0.4 is 15.2 Å². The Morgan fingerprint density at radius 2 is 1.81 bits per heavy atom. The second kappa shape index (κ2) is 14.4. The summed E-state index contributed by atoms with van der Waals surface area (Å²) >= 11 is 0. The summed E-state index contributed by atoms with van der Waals surface area (Å²) in [7, 11) is 0. The molecule has 1 aromatic rings. The largest absolute Gasteiger partial charge is 0.490 e. The van der Waals surface area contributed by atoms with Crippen LogP contribution in [-0.4, -0.2) is 68.9 Å². The molecule has 0 bridgehead atoms. The number of hydrogen-bond acceptors (Lipinski definition) is 7. The summed E-state index contributed by atoms with van der Waals surface area (Å²) in [6.45, 7) is 12.4. The van der Waals surface area contributed by atoms with Crippen LogP contribution in [0.15, 0.2) is 24.3 Å². The third-order valence-electron chi connectivity index (χ3n) is 5.04. The first-order valence-electron chi connectivity index (χ1n) is 11.1. The molecule has 2 rings (SSSR count). The monoisotopic (exact) mass is 474 g/mol. The Labute approximate surface area is 198 Å². The lowest BCUT2D eigenvalue weighted by atomic mass is 10.1. The van der Waals surface area contributed by atoms with Crippen molar-refractivity contribution in [2.45, 2.75) is 53.1 Å². The molecule has 32 heavy (non-hydrogen) atoms. The van der Waals surface area contributed by atoms with Gasteiger partial charge in [0.25, 0.3) is 0 Å². The van der Waals surface area contributed by atoms with Crippen molar-refractivity contribution in [3.63, 3.8) is 0 Å². The van der Waals surface area contributed by atoms with E-state index in [1.54, 1.807) is 4.90 Å². The summed E-state index contributed by atoms with van der Waals surface area (Å²) in [4.78, 5) is 14.4. The number of morpholine rings is 1. The molecule has 1 aliphatic heterocycles. The van der Waals surface area contributed by atoms with Gasteiger partial charge in [0.15, 0.2) is 11.5 Å². The lowest BCUT2D eigenvalue weighted by molar-refractivity contribution is -0.145. The molecule has 1 saturated heterocycles. The lowest BCUT2D eigenvalue weighted by Crippen LogP contribution is -2.49. The number of ether oxygens (including phenoxy) is 5. The molecule has 1 aromatic carbocycles. The maximum absolute atomic E-state index is 12.7. The van der Waals surface area contributed by atoms with Crippen molar-refractivity contribution in [2.75, 3.05) is 39.5 Å². The fourth-order valence-corrected chi connectivity index (χ4v) is 2.95. The van der Waals surface area contributed by atoms with Crippen LogP contribution in [-0.2, 0) is 14.2 Å². The molecule has 0 spiro atoms. The van der Waals surface area contributed by atoms with Gasteiger partial charge in [0.05, 0.1) is 26.4 Å². The lowest BCUT2D eigenvalue weighted by Gasteiger charge is -2.34. The summed E-state index contributed by atoms with van der Waals surface area (Å²) in [5.41, 5.74) is 6.05. The van der Waals surface area contributed by atoms with Gasteiger partial charge in [-0.15, -0.1) is 12.4 Å². The van der Waals surface area contributed by atoms with Crippen LogP contribution in [0.2, 0.25) is 0 Å². The van der Waals surface area contributed by atoms with E-state index in [1.807, 2.05) is 58.9 Å². The highest BCUT2D eigenvalue weighted by atomic mass is 35.5. The highest BCUT2D eigenvalue weighted by molar-refractivity contribution is 5.85. The molecule has 9 heteroatoms. The molecule has 2 N–H and O–H groups in total. The Bertz CT molecular complexity index is 676. The minimum atomic E-state index is -0.645. The Morgan fingerprint density at radius 3 is 2.41 bits per heavy atom. The van der Waals surface area contributed by atoms with Gasteiger partial charge < -0.3 is 34.3 Å². The molecule has 1 aliphatic rings. The van der Waals surface area contributed by atoms with Crippen molar-refractivity contribution in [1.82, 2.24) is 4.90 Å². The molecule has 1 fully saturated rings. The number of carbonyl (C=O) groups excluding carboxylic acids is 1. The number of benzene rings is 1. The van der Waals surface area contributed by atoms with Crippen molar-refractivity contribution in [3.05, 3.63) is 24.3 Å². The molecular formula is C23H39ClN2O6. The number of para-hydroxylation sites is 2. The zero-order valence-electron chi connectivity index (χ0n) is 19.8. The van der Waals surface area contributed by atoms with Gasteiger partial charge in [0.1, 0.15) is 12.7 Å². The van der Waals surface area contributed by atoms with Crippen LogP contribution in [0.4, 0.5) is 4.79 Å². The van der Waals surface area contributed by atoms with Crippen molar-refractivity contribution in [3.8, 4) is 11.5 Å². The Morgan fingerprint density at radius 1 is 1.16 bits per heavy atom. The number of halogens is 1. The van der Waals surface area contributed by atoms with Crippen LogP contribution in [0.3, 0.4) is 0 Å². The van der Waals surface area contributed by atoms with E-state index in [1.165, 1.54) is 0 Å². The van der Waals surface area contributed by atoms with Crippen molar-refractivity contribution in [2.24, 2.45) is 17.6 Å². The second-order valence-electron chi connectivity index (χ2n) is 8.37. The van der Waals surface area contributed by atoms with E-state index in [0.29, 0.717) is 51.0 Å². The standard InChI is InChI=1S/C23H38N2O6.ClH/c1-6-27-20-9-7-8-10-21(20)29-14-18-13-25(11-12-28-18)23(26)31-22(17(4)5)30-15-19(24)16(2)3;/h7-10,16-19,22H,6,11-15,24H2,1-5H3;1H/t18-,19-,22?;/m0./s1. The third-order valence-corrected chi connectivity index (χ3v) is 5.04. The molecular weight excluding hydrogens is 436 g/mol. The quantitative estimate of drug-likeness (QED) is 0.489. The highest BCUT2D eigenvalue weighted by Gasteiger charge is 2.29. The molecule has 0 radical (unpaired) electrons. The topological polar surface area (TPSA) is 92.5 Å². The van der Waals surface area contributed by atoms with E-state index >= 15 is 0 Å². The van der Waals surface area contributed by atoms with Crippen molar-refractivity contribution >= 4 is 18.5 Å². The molecule has 3 atom stereocenters. The Balaban J connectivity index is 0.00000512. The first-order chi connectivity index (χ1) is 14.8. The Hall–Kier alpha value is -1.74. The van der Waals surface area contributed by atoms with Crippen LogP contribution >= 0.6 is 12.4 Å². The molecule has 1 unspecified atom stereocenters. The minimum Gasteiger partial charge on any atom is -0.490 e. The number of hydrogen-bond donors (Lipinski definition) is 1. The number of amides is 1. The fourth-order valence-electron chi connectivity index (χ4n) is 2.95. The van der Waals surface area contributed by atoms with Gasteiger partial charge in [-0.3, -0.25) is 0 Å². The molecule has 1 heterocycles. The van der Waals surface area contributed by atoms with E-state index in [2.05, 4.69) is 0 Å². The number of nitrogens with zero attached hydrogens (tertiary/aromatic N) is 1. The van der Waals surface area contributed by atoms with Gasteiger partial charge in [0, 0.05) is 18.5 Å². The van der Waals surface area contributed by atoms with Gasteiger partial charge in [-0.2, -0.15) is 0 Å². The highest BCUT2D eigenvalue weighted by Crippen LogP contribution is 2.26. The maximum atomic E-state index is 12.7. The fraction of sp³-hybridized carbons (Fsp3) is 0.696. The normalized spacial score (nSPS) is 18.1. The second-order valence-corrected chi connectivity index (χ2v) is 8.37. The molecule has 1 amide bonds. The maximum Gasteiger partial charge on any atom is 0.412 e. The smallest absolute Gasteiger partial charge is 0.412 e. The predicted molar refractivity (Wildman–Crippen MR) is 126 cm³/mol. The van der Waals surface area contributed by atoms with Crippen LogP contribution in [0.25, 0.3) is 0 Å². The average Bonchev–Trinajstić information content (AvgIpc) is 2.75. The van der Waals surface area contributed by atoms with E-state index in [-0.39, 0.29) is 36.4 Å². The molecule has 184 valence electrons. The molecule has 0 aromatic heterocycles. The first-order valence-corrected chi connectivity index (χ1v) is 11.1.